The van der Waals surface area contributed by atoms with Crippen molar-refractivity contribution in [3.8, 4) is 0 Å². The predicted octanol–water partition coefficient (Wildman–Crippen LogP) is 3.13. The number of ether oxygens (including phenoxy) is 1. The van der Waals surface area contributed by atoms with Crippen LogP contribution in [0.4, 0.5) is 5.69 Å². The van der Waals surface area contributed by atoms with E-state index in [4.69, 9.17) is 4.74 Å². The van der Waals surface area contributed by atoms with Gasteiger partial charge in [-0.3, -0.25) is 14.4 Å². The highest BCUT2D eigenvalue weighted by atomic mass is 16.5. The van der Waals surface area contributed by atoms with E-state index in [0.29, 0.717) is 16.8 Å². The Bertz CT molecular complexity index is 1010. The van der Waals surface area contributed by atoms with Crippen LogP contribution in [0.3, 0.4) is 0 Å². The molecule has 1 aliphatic heterocycles. The summed E-state index contributed by atoms with van der Waals surface area (Å²) in [6.45, 7) is 7.68. The number of hydrogen-bond donors (Lipinski definition) is 0. The number of hydrogen-bond acceptors (Lipinski definition) is 5. The Kier molecular flexibility index (Phi) is 6.65. The van der Waals surface area contributed by atoms with Gasteiger partial charge in [0.1, 0.15) is 6.04 Å². The van der Waals surface area contributed by atoms with Crippen molar-refractivity contribution < 1.29 is 23.9 Å². The molecule has 0 saturated carbocycles. The van der Waals surface area contributed by atoms with Gasteiger partial charge >= 0.3 is 5.97 Å². The van der Waals surface area contributed by atoms with Crippen LogP contribution in [0, 0.1) is 6.92 Å². The number of imide groups is 1. The minimum atomic E-state index is -0.927. The number of aryl methyl sites for hydroxylation is 1. The lowest BCUT2D eigenvalue weighted by atomic mass is 10.1. The summed E-state index contributed by atoms with van der Waals surface area (Å²) in [6, 6.07) is 12.1. The number of benzene rings is 2. The maximum Gasteiger partial charge on any atom is 0.338 e. The molecule has 0 aromatic heterocycles. The molecule has 2 aromatic rings. The Morgan fingerprint density at radius 2 is 1.71 bits per heavy atom. The molecular formula is C24H24N2O5. The molecule has 1 fully saturated rings. The van der Waals surface area contributed by atoms with Crippen molar-refractivity contribution in [2.24, 2.45) is 0 Å². The summed E-state index contributed by atoms with van der Waals surface area (Å²) in [4.78, 5) is 53.1. The van der Waals surface area contributed by atoms with Gasteiger partial charge in [0, 0.05) is 12.1 Å². The molecular weight excluding hydrogens is 396 g/mol. The van der Waals surface area contributed by atoms with Crippen molar-refractivity contribution in [3.05, 3.63) is 77.9 Å². The lowest BCUT2D eigenvalue weighted by Crippen LogP contribution is -2.45. The van der Waals surface area contributed by atoms with Crippen LogP contribution in [0.15, 0.2) is 61.2 Å². The van der Waals surface area contributed by atoms with E-state index in [1.165, 1.54) is 35.2 Å². The zero-order valence-corrected chi connectivity index (χ0v) is 17.5. The fraction of sp³-hybridized carbons (Fsp3) is 0.250. The van der Waals surface area contributed by atoms with Crippen LogP contribution in [0.1, 0.15) is 39.6 Å². The van der Waals surface area contributed by atoms with Crippen LogP contribution in [-0.2, 0) is 14.3 Å². The summed E-state index contributed by atoms with van der Waals surface area (Å²) in [5.41, 5.74) is 2.11. The first-order valence-corrected chi connectivity index (χ1v) is 9.99. The molecule has 31 heavy (non-hydrogen) atoms. The van der Waals surface area contributed by atoms with Crippen LogP contribution in [0.2, 0.25) is 0 Å². The molecule has 0 spiro atoms. The molecule has 160 valence electrons. The average Bonchev–Trinajstić information content (AvgIpc) is 3.06. The van der Waals surface area contributed by atoms with Gasteiger partial charge in [-0.05, 0) is 50.2 Å². The zero-order valence-electron chi connectivity index (χ0n) is 17.5. The van der Waals surface area contributed by atoms with Gasteiger partial charge in [-0.25, -0.2) is 9.69 Å². The van der Waals surface area contributed by atoms with Crippen molar-refractivity contribution in [3.63, 3.8) is 0 Å². The third-order valence-electron chi connectivity index (χ3n) is 5.02. The van der Waals surface area contributed by atoms with Crippen LogP contribution >= 0.6 is 0 Å². The van der Waals surface area contributed by atoms with E-state index in [2.05, 4.69) is 6.58 Å². The van der Waals surface area contributed by atoms with Crippen molar-refractivity contribution >= 4 is 29.4 Å². The number of amides is 3. The molecule has 7 nitrogen and oxygen atoms in total. The van der Waals surface area contributed by atoms with Gasteiger partial charge in [0.05, 0.1) is 24.3 Å². The number of rotatable bonds is 7. The molecule has 7 heteroatoms. The van der Waals surface area contributed by atoms with E-state index in [1.54, 1.807) is 19.1 Å². The molecule has 3 rings (SSSR count). The molecule has 0 radical (unpaired) electrons. The normalized spacial score (nSPS) is 15.7. The van der Waals surface area contributed by atoms with Crippen molar-refractivity contribution in [2.45, 2.75) is 26.3 Å². The van der Waals surface area contributed by atoms with Crippen LogP contribution in [0.25, 0.3) is 0 Å². The molecule has 1 saturated heterocycles. The van der Waals surface area contributed by atoms with E-state index in [9.17, 15) is 19.2 Å². The van der Waals surface area contributed by atoms with E-state index in [-0.39, 0.29) is 25.5 Å². The van der Waals surface area contributed by atoms with Gasteiger partial charge in [0.15, 0.2) is 0 Å². The molecule has 2 aromatic carbocycles. The highest BCUT2D eigenvalue weighted by Crippen LogP contribution is 2.27. The standard InChI is InChI=1S/C24H24N2O5/c1-4-14-25(22(28)17-8-6-16(3)7-9-17)20-15-21(27)26(23(20)29)19-12-10-18(11-13-19)24(30)31-5-2/h4,6-13,20H,1,5,14-15H2,2-3H3. The van der Waals surface area contributed by atoms with E-state index in [1.807, 2.05) is 19.1 Å². The third kappa shape index (κ3) is 4.55. The Labute approximate surface area is 180 Å². The lowest BCUT2D eigenvalue weighted by molar-refractivity contribution is -0.122. The molecule has 3 amide bonds. The van der Waals surface area contributed by atoms with Gasteiger partial charge in [-0.2, -0.15) is 0 Å². The molecule has 1 atom stereocenters. The molecule has 0 N–H and O–H groups in total. The molecule has 1 heterocycles. The molecule has 0 bridgehead atoms. The third-order valence-corrected chi connectivity index (χ3v) is 5.02. The predicted molar refractivity (Wildman–Crippen MR) is 116 cm³/mol. The SMILES string of the molecule is C=CCN(C(=O)c1ccc(C)cc1)C1CC(=O)N(c2ccc(C(=O)OCC)cc2)C1=O. The van der Waals surface area contributed by atoms with Crippen LogP contribution in [0.5, 0.6) is 0 Å². The minimum absolute atomic E-state index is 0.121. The van der Waals surface area contributed by atoms with E-state index < -0.39 is 23.8 Å². The monoisotopic (exact) mass is 420 g/mol. The quantitative estimate of drug-likeness (QED) is 0.390. The summed E-state index contributed by atoms with van der Waals surface area (Å²) in [7, 11) is 0. The first kappa shape index (κ1) is 22.0. The lowest BCUT2D eigenvalue weighted by Gasteiger charge is -2.26. The summed E-state index contributed by atoms with van der Waals surface area (Å²) in [5, 5.41) is 0. The molecule has 0 aliphatic carbocycles. The highest BCUT2D eigenvalue weighted by molar-refractivity contribution is 6.23. The van der Waals surface area contributed by atoms with E-state index >= 15 is 0 Å². The van der Waals surface area contributed by atoms with Crippen molar-refractivity contribution in [1.82, 2.24) is 4.90 Å². The van der Waals surface area contributed by atoms with Gasteiger partial charge in [-0.15, -0.1) is 6.58 Å². The number of anilines is 1. The van der Waals surface area contributed by atoms with Crippen LogP contribution < -0.4 is 4.90 Å². The second-order valence-electron chi connectivity index (χ2n) is 7.17. The van der Waals surface area contributed by atoms with Crippen molar-refractivity contribution in [1.29, 1.82) is 0 Å². The van der Waals surface area contributed by atoms with Crippen LogP contribution in [-0.4, -0.2) is 47.8 Å². The zero-order chi connectivity index (χ0) is 22.5. The fourth-order valence-corrected chi connectivity index (χ4v) is 3.44. The van der Waals surface area contributed by atoms with Gasteiger partial charge in [0.25, 0.3) is 11.8 Å². The number of esters is 1. The maximum atomic E-state index is 13.1. The Balaban J connectivity index is 1.84. The second-order valence-corrected chi connectivity index (χ2v) is 7.17. The maximum absolute atomic E-state index is 13.1. The first-order chi connectivity index (χ1) is 14.9. The topological polar surface area (TPSA) is 84.0 Å². The van der Waals surface area contributed by atoms with E-state index in [0.717, 1.165) is 10.5 Å². The number of nitrogens with zero attached hydrogens (tertiary/aromatic N) is 2. The average molecular weight is 420 g/mol. The Hall–Kier alpha value is -3.74. The fourth-order valence-electron chi connectivity index (χ4n) is 3.44. The smallest absolute Gasteiger partial charge is 0.338 e. The summed E-state index contributed by atoms with van der Waals surface area (Å²) >= 11 is 0. The first-order valence-electron chi connectivity index (χ1n) is 9.99. The van der Waals surface area contributed by atoms with Crippen molar-refractivity contribution in [2.75, 3.05) is 18.1 Å². The Morgan fingerprint density at radius 1 is 1.10 bits per heavy atom. The summed E-state index contributed by atoms with van der Waals surface area (Å²) < 4.78 is 4.95. The Morgan fingerprint density at radius 3 is 2.29 bits per heavy atom. The summed E-state index contributed by atoms with van der Waals surface area (Å²) in [5.74, 6) is -1.72. The number of carbonyl (C=O) groups is 4. The van der Waals surface area contributed by atoms with Gasteiger partial charge in [-0.1, -0.05) is 23.8 Å². The second kappa shape index (κ2) is 9.38. The van der Waals surface area contributed by atoms with Gasteiger partial charge < -0.3 is 9.64 Å². The highest BCUT2D eigenvalue weighted by Gasteiger charge is 2.44. The molecule has 1 aliphatic rings. The summed E-state index contributed by atoms with van der Waals surface area (Å²) in [6.07, 6.45) is 1.41. The minimum Gasteiger partial charge on any atom is -0.462 e. The van der Waals surface area contributed by atoms with Gasteiger partial charge in [0.2, 0.25) is 5.91 Å². The largest absolute Gasteiger partial charge is 0.462 e. The molecule has 1 unspecified atom stereocenters. The number of carbonyl (C=O) groups excluding carboxylic acids is 4.